The fourth-order valence-corrected chi connectivity index (χ4v) is 2.53. The molecule has 2 heterocycles. The van der Waals surface area contributed by atoms with Crippen molar-refractivity contribution in [2.75, 3.05) is 12.3 Å². The molecular formula is C22H31ClN4O2. The van der Waals surface area contributed by atoms with Crippen molar-refractivity contribution in [2.24, 2.45) is 13.0 Å². The summed E-state index contributed by atoms with van der Waals surface area (Å²) in [5.74, 6) is 0.970. The second kappa shape index (κ2) is 12.2. The van der Waals surface area contributed by atoms with E-state index in [0.717, 1.165) is 24.1 Å². The number of anilines is 1. The lowest BCUT2D eigenvalue weighted by Crippen LogP contribution is -2.20. The molecule has 0 aliphatic carbocycles. The van der Waals surface area contributed by atoms with Gasteiger partial charge in [0, 0.05) is 41.4 Å². The smallest absolute Gasteiger partial charge is 0.259 e. The molecule has 3 rings (SSSR count). The van der Waals surface area contributed by atoms with E-state index in [4.69, 9.17) is 22.4 Å². The van der Waals surface area contributed by atoms with E-state index in [2.05, 4.69) is 37.7 Å². The van der Waals surface area contributed by atoms with Crippen LogP contribution in [-0.2, 0) is 7.05 Å². The number of nitrogen functional groups attached to an aromatic ring is 1. The van der Waals surface area contributed by atoms with Crippen molar-refractivity contribution in [1.29, 1.82) is 0 Å². The third-order valence-corrected chi connectivity index (χ3v) is 3.97. The van der Waals surface area contributed by atoms with Crippen molar-refractivity contribution in [3.63, 3.8) is 0 Å². The van der Waals surface area contributed by atoms with Crippen molar-refractivity contribution >= 4 is 28.6 Å². The van der Waals surface area contributed by atoms with E-state index in [1.807, 2.05) is 18.2 Å². The number of nitrogens with two attached hydrogens (primary N) is 1. The van der Waals surface area contributed by atoms with Gasteiger partial charge in [-0.25, -0.2) is 4.98 Å². The number of nitrogens with zero attached hydrogens (tertiary/aromatic N) is 3. The number of aliphatic hydroxyl groups excluding tert-OH is 1. The number of rotatable bonds is 3. The number of pyridine rings is 1. The van der Waals surface area contributed by atoms with Crippen LogP contribution in [0.25, 0.3) is 22.2 Å². The zero-order valence-corrected chi connectivity index (χ0v) is 18.6. The van der Waals surface area contributed by atoms with Crippen LogP contribution < -0.4 is 11.3 Å². The monoisotopic (exact) mass is 418 g/mol. The van der Waals surface area contributed by atoms with Crippen LogP contribution in [0.15, 0.2) is 41.3 Å². The number of benzene rings is 1. The summed E-state index contributed by atoms with van der Waals surface area (Å²) in [6.45, 7) is 8.90. The third kappa shape index (κ3) is 7.48. The van der Waals surface area contributed by atoms with Gasteiger partial charge in [0.1, 0.15) is 5.65 Å². The van der Waals surface area contributed by atoms with Crippen LogP contribution in [0.4, 0.5) is 5.95 Å². The summed E-state index contributed by atoms with van der Waals surface area (Å²) in [5, 5.41) is 9.33. The molecule has 7 heteroatoms. The molecule has 1 aromatic carbocycles. The number of halogens is 1. The molecule has 0 aliphatic heterocycles. The Morgan fingerprint density at radius 1 is 1.21 bits per heavy atom. The molecule has 0 saturated heterocycles. The second-order valence-electron chi connectivity index (χ2n) is 7.22. The van der Waals surface area contributed by atoms with E-state index >= 15 is 0 Å². The number of hydrogen-bond donors (Lipinski definition) is 2. The molecule has 0 bridgehead atoms. The molecular weight excluding hydrogens is 388 g/mol. The van der Waals surface area contributed by atoms with Crippen LogP contribution in [0, 0.1) is 5.92 Å². The summed E-state index contributed by atoms with van der Waals surface area (Å²) >= 11 is 6.16. The van der Waals surface area contributed by atoms with Crippen LogP contribution in [0.2, 0.25) is 5.02 Å². The molecule has 0 aliphatic rings. The fourth-order valence-electron chi connectivity index (χ4n) is 2.29. The molecule has 6 nitrogen and oxygen atoms in total. The molecule has 158 valence electrons. The summed E-state index contributed by atoms with van der Waals surface area (Å²) in [7, 11) is 1.65. The Balaban J connectivity index is 0.000000396. The molecule has 0 amide bonds. The molecule has 0 saturated carbocycles. The minimum atomic E-state index is -0.177. The molecule has 0 unspecified atom stereocenters. The largest absolute Gasteiger partial charge is 0.396 e. The van der Waals surface area contributed by atoms with E-state index in [1.165, 1.54) is 4.57 Å². The maximum Gasteiger partial charge on any atom is 0.259 e. The highest BCUT2D eigenvalue weighted by Crippen LogP contribution is 2.26. The first-order valence-corrected chi connectivity index (χ1v) is 10.1. The number of aliphatic hydroxyl groups is 1. The molecule has 2 aromatic heterocycles. The summed E-state index contributed by atoms with van der Waals surface area (Å²) in [5.41, 5.74) is 7.08. The lowest BCUT2D eigenvalue weighted by Gasteiger charge is -2.09. The Hall–Kier alpha value is -2.44. The minimum absolute atomic E-state index is 0.137. The van der Waals surface area contributed by atoms with Crippen molar-refractivity contribution in [3.8, 4) is 11.1 Å². The Morgan fingerprint density at radius 2 is 1.83 bits per heavy atom. The van der Waals surface area contributed by atoms with Crippen molar-refractivity contribution in [3.05, 3.63) is 51.9 Å². The molecule has 0 atom stereocenters. The van der Waals surface area contributed by atoms with Crippen molar-refractivity contribution in [1.82, 2.24) is 14.5 Å². The zero-order valence-electron chi connectivity index (χ0n) is 17.8. The standard InChI is InChI=1S/C14H11ClN4O.C4H10O.C4H10/c1-19-12-8(7-17-14(16)18-12)6-10(13(19)20)9-4-2-3-5-11(9)15;1-2-3-4-5;1-4(2)3/h2-7H,1H3,(H2,16,17,18);5H,2-4H2,1H3;4H,1-3H3. The highest BCUT2D eigenvalue weighted by atomic mass is 35.5. The van der Waals surface area contributed by atoms with Gasteiger partial charge in [0.15, 0.2) is 0 Å². The normalized spacial score (nSPS) is 10.2. The van der Waals surface area contributed by atoms with Gasteiger partial charge in [-0.1, -0.05) is 63.9 Å². The van der Waals surface area contributed by atoms with E-state index in [1.54, 1.807) is 25.4 Å². The van der Waals surface area contributed by atoms with E-state index in [9.17, 15) is 4.79 Å². The Bertz CT molecular complexity index is 966. The summed E-state index contributed by atoms with van der Waals surface area (Å²) in [6, 6.07) is 8.95. The molecule has 0 fully saturated rings. The zero-order chi connectivity index (χ0) is 22.0. The number of hydrogen-bond acceptors (Lipinski definition) is 5. The molecule has 3 aromatic rings. The van der Waals surface area contributed by atoms with E-state index < -0.39 is 0 Å². The number of fused-ring (bicyclic) bond motifs is 1. The topological polar surface area (TPSA) is 94.0 Å². The quantitative estimate of drug-likeness (QED) is 0.644. The number of aromatic nitrogens is 3. The lowest BCUT2D eigenvalue weighted by molar-refractivity contribution is 0.287. The Labute approximate surface area is 177 Å². The molecule has 29 heavy (non-hydrogen) atoms. The number of aryl methyl sites for hydroxylation is 1. The predicted molar refractivity (Wildman–Crippen MR) is 122 cm³/mol. The third-order valence-electron chi connectivity index (χ3n) is 3.64. The average molecular weight is 419 g/mol. The van der Waals surface area contributed by atoms with Crippen LogP contribution in [0.1, 0.15) is 40.5 Å². The van der Waals surface area contributed by atoms with Gasteiger partial charge in [-0.15, -0.1) is 0 Å². The Morgan fingerprint density at radius 3 is 2.34 bits per heavy atom. The van der Waals surface area contributed by atoms with Crippen LogP contribution in [0.3, 0.4) is 0 Å². The highest BCUT2D eigenvalue weighted by Gasteiger charge is 2.12. The van der Waals surface area contributed by atoms with Crippen LogP contribution in [-0.4, -0.2) is 26.2 Å². The van der Waals surface area contributed by atoms with Crippen molar-refractivity contribution in [2.45, 2.75) is 40.5 Å². The first-order chi connectivity index (χ1) is 13.7. The fraction of sp³-hybridized carbons (Fsp3) is 0.409. The maximum absolute atomic E-state index is 12.4. The summed E-state index contributed by atoms with van der Waals surface area (Å²) in [6.07, 6.45) is 3.63. The number of unbranched alkanes of at least 4 members (excludes halogenated alkanes) is 1. The molecule has 0 radical (unpaired) electrons. The SMILES string of the molecule is CC(C)C.CCCCO.Cn1c(=O)c(-c2ccccc2Cl)cc2cnc(N)nc21. The molecule has 3 N–H and O–H groups in total. The van der Waals surface area contributed by atoms with Gasteiger partial charge in [0.25, 0.3) is 5.56 Å². The highest BCUT2D eigenvalue weighted by molar-refractivity contribution is 6.33. The van der Waals surface area contributed by atoms with Crippen LogP contribution >= 0.6 is 11.6 Å². The van der Waals surface area contributed by atoms with Gasteiger partial charge in [-0.3, -0.25) is 9.36 Å². The van der Waals surface area contributed by atoms with E-state index in [0.29, 0.717) is 28.4 Å². The summed E-state index contributed by atoms with van der Waals surface area (Å²) < 4.78 is 1.45. The van der Waals surface area contributed by atoms with Gasteiger partial charge >= 0.3 is 0 Å². The van der Waals surface area contributed by atoms with Crippen molar-refractivity contribution < 1.29 is 5.11 Å². The average Bonchev–Trinajstić information content (AvgIpc) is 2.66. The Kier molecular flexibility index (Phi) is 10.3. The van der Waals surface area contributed by atoms with Crippen LogP contribution in [0.5, 0.6) is 0 Å². The van der Waals surface area contributed by atoms with E-state index in [-0.39, 0.29) is 11.5 Å². The first-order valence-electron chi connectivity index (χ1n) is 9.70. The van der Waals surface area contributed by atoms with Gasteiger partial charge < -0.3 is 10.8 Å². The lowest BCUT2D eigenvalue weighted by atomic mass is 10.1. The minimum Gasteiger partial charge on any atom is -0.396 e. The van der Waals surface area contributed by atoms with Gasteiger partial charge in [-0.05, 0) is 24.5 Å². The van der Waals surface area contributed by atoms with Gasteiger partial charge in [-0.2, -0.15) is 4.98 Å². The maximum atomic E-state index is 12.4. The predicted octanol–water partition coefficient (Wildman–Crippen LogP) is 4.67. The van der Waals surface area contributed by atoms with Gasteiger partial charge in [0.2, 0.25) is 5.95 Å². The summed E-state index contributed by atoms with van der Waals surface area (Å²) in [4.78, 5) is 20.5. The second-order valence-corrected chi connectivity index (χ2v) is 7.63. The molecule has 0 spiro atoms. The van der Waals surface area contributed by atoms with Gasteiger partial charge in [0.05, 0.1) is 0 Å². The first kappa shape index (κ1) is 24.6.